The molecule has 0 aromatic carbocycles. The van der Waals surface area contributed by atoms with Crippen LogP contribution in [0.2, 0.25) is 0 Å². The Bertz CT molecular complexity index is 309. The lowest BCUT2D eigenvalue weighted by Crippen LogP contribution is -2.46. The van der Waals surface area contributed by atoms with Crippen LogP contribution in [0.3, 0.4) is 0 Å². The lowest BCUT2D eigenvalue weighted by atomic mass is 10.1. The zero-order chi connectivity index (χ0) is 15.9. The fraction of sp³-hybridized carbons (Fsp3) is 0.938. The Kier molecular flexibility index (Phi) is 7.46. The summed E-state index contributed by atoms with van der Waals surface area (Å²) in [7, 11) is 0. The molecule has 0 spiro atoms. The molecule has 1 heterocycles. The summed E-state index contributed by atoms with van der Waals surface area (Å²) in [5.74, 6) is 0. The molecule has 1 aliphatic heterocycles. The maximum atomic E-state index is 11.8. The molecule has 0 aromatic heterocycles. The van der Waals surface area contributed by atoms with Crippen LogP contribution >= 0.6 is 0 Å². The second kappa shape index (κ2) is 8.59. The average molecular weight is 299 g/mol. The molecule has 3 unspecified atom stereocenters. The van der Waals surface area contributed by atoms with Crippen LogP contribution in [-0.4, -0.2) is 42.9 Å². The van der Waals surface area contributed by atoms with Gasteiger partial charge in [-0.05, 0) is 59.9 Å². The van der Waals surface area contributed by atoms with Crippen LogP contribution in [0, 0.1) is 0 Å². The van der Waals surface area contributed by atoms with Gasteiger partial charge in [0.2, 0.25) is 0 Å². The van der Waals surface area contributed by atoms with Gasteiger partial charge in [0.1, 0.15) is 5.60 Å². The first-order chi connectivity index (χ1) is 9.80. The minimum atomic E-state index is -0.447. The van der Waals surface area contributed by atoms with Crippen molar-refractivity contribution < 1.29 is 9.53 Å². The predicted molar refractivity (Wildman–Crippen MR) is 86.6 cm³/mol. The summed E-state index contributed by atoms with van der Waals surface area (Å²) in [5, 5.41) is 9.97. The van der Waals surface area contributed by atoms with Crippen molar-refractivity contribution in [3.63, 3.8) is 0 Å². The van der Waals surface area contributed by atoms with Gasteiger partial charge in [0.05, 0.1) is 0 Å². The van der Waals surface area contributed by atoms with Crippen LogP contribution < -0.4 is 16.0 Å². The van der Waals surface area contributed by atoms with E-state index in [1.165, 1.54) is 12.8 Å². The summed E-state index contributed by atoms with van der Waals surface area (Å²) in [5.41, 5.74) is -0.447. The molecule has 0 saturated carbocycles. The van der Waals surface area contributed by atoms with Crippen molar-refractivity contribution >= 4 is 6.09 Å². The molecule has 21 heavy (non-hydrogen) atoms. The molecule has 124 valence electrons. The Morgan fingerprint density at radius 2 is 2.14 bits per heavy atom. The van der Waals surface area contributed by atoms with Gasteiger partial charge in [0.15, 0.2) is 0 Å². The number of hydrogen-bond acceptors (Lipinski definition) is 4. The molecule has 1 aliphatic rings. The zero-order valence-electron chi connectivity index (χ0n) is 14.3. The van der Waals surface area contributed by atoms with E-state index < -0.39 is 5.60 Å². The van der Waals surface area contributed by atoms with Crippen molar-refractivity contribution in [2.45, 2.75) is 84.0 Å². The van der Waals surface area contributed by atoms with Crippen LogP contribution in [0.1, 0.15) is 60.3 Å². The van der Waals surface area contributed by atoms with Gasteiger partial charge in [-0.1, -0.05) is 6.92 Å². The largest absolute Gasteiger partial charge is 0.444 e. The summed E-state index contributed by atoms with van der Waals surface area (Å²) in [6.45, 7) is 11.8. The number of amides is 1. The van der Waals surface area contributed by atoms with Gasteiger partial charge in [-0.2, -0.15) is 0 Å². The molecule has 3 N–H and O–H groups in total. The van der Waals surface area contributed by atoms with E-state index in [1.807, 2.05) is 20.8 Å². The SMILES string of the molecule is CCC(CNC(C)CC1CCCN1)NC(=O)OC(C)(C)C. The van der Waals surface area contributed by atoms with E-state index in [9.17, 15) is 4.79 Å². The van der Waals surface area contributed by atoms with Crippen molar-refractivity contribution in [1.82, 2.24) is 16.0 Å². The van der Waals surface area contributed by atoms with Crippen LogP contribution in [0.4, 0.5) is 4.79 Å². The Balaban J connectivity index is 2.24. The highest BCUT2D eigenvalue weighted by Crippen LogP contribution is 2.11. The Morgan fingerprint density at radius 3 is 2.67 bits per heavy atom. The number of alkyl carbamates (subject to hydrolysis) is 1. The molecule has 0 radical (unpaired) electrons. The van der Waals surface area contributed by atoms with E-state index in [1.54, 1.807) is 0 Å². The molecular weight excluding hydrogens is 266 g/mol. The minimum absolute atomic E-state index is 0.110. The van der Waals surface area contributed by atoms with Gasteiger partial charge in [-0.25, -0.2) is 4.79 Å². The molecule has 3 atom stereocenters. The van der Waals surface area contributed by atoms with E-state index in [-0.39, 0.29) is 12.1 Å². The highest BCUT2D eigenvalue weighted by molar-refractivity contribution is 5.68. The monoisotopic (exact) mass is 299 g/mol. The summed E-state index contributed by atoms with van der Waals surface area (Å²) < 4.78 is 5.30. The highest BCUT2D eigenvalue weighted by atomic mass is 16.6. The first-order valence-corrected chi connectivity index (χ1v) is 8.26. The van der Waals surface area contributed by atoms with Crippen LogP contribution in [0.15, 0.2) is 0 Å². The van der Waals surface area contributed by atoms with Crippen molar-refractivity contribution in [1.29, 1.82) is 0 Å². The van der Waals surface area contributed by atoms with Crippen LogP contribution in [-0.2, 0) is 4.74 Å². The van der Waals surface area contributed by atoms with Crippen molar-refractivity contribution in [2.75, 3.05) is 13.1 Å². The fourth-order valence-corrected chi connectivity index (χ4v) is 2.58. The Morgan fingerprint density at radius 1 is 1.43 bits per heavy atom. The van der Waals surface area contributed by atoms with E-state index >= 15 is 0 Å². The number of carbonyl (C=O) groups excluding carboxylic acids is 1. The maximum Gasteiger partial charge on any atom is 0.407 e. The van der Waals surface area contributed by atoms with Crippen molar-refractivity contribution in [3.8, 4) is 0 Å². The van der Waals surface area contributed by atoms with E-state index in [0.29, 0.717) is 12.1 Å². The molecular formula is C16H33N3O2. The van der Waals surface area contributed by atoms with Gasteiger partial charge >= 0.3 is 6.09 Å². The summed E-state index contributed by atoms with van der Waals surface area (Å²) in [4.78, 5) is 11.8. The number of carbonyl (C=O) groups is 1. The van der Waals surface area contributed by atoms with Crippen LogP contribution in [0.5, 0.6) is 0 Å². The third-order valence-corrected chi connectivity index (χ3v) is 3.73. The highest BCUT2D eigenvalue weighted by Gasteiger charge is 2.20. The molecule has 1 amide bonds. The maximum absolute atomic E-state index is 11.8. The summed E-state index contributed by atoms with van der Waals surface area (Å²) in [6, 6.07) is 1.21. The molecule has 5 heteroatoms. The lowest BCUT2D eigenvalue weighted by Gasteiger charge is -2.25. The molecule has 0 bridgehead atoms. The third-order valence-electron chi connectivity index (χ3n) is 3.73. The predicted octanol–water partition coefficient (Wildman–Crippen LogP) is 2.41. The third kappa shape index (κ3) is 8.27. The summed E-state index contributed by atoms with van der Waals surface area (Å²) >= 11 is 0. The lowest BCUT2D eigenvalue weighted by molar-refractivity contribution is 0.0501. The van der Waals surface area contributed by atoms with Gasteiger partial charge in [-0.3, -0.25) is 0 Å². The number of nitrogens with one attached hydrogen (secondary N) is 3. The second-order valence-electron chi connectivity index (χ2n) is 7.09. The van der Waals surface area contributed by atoms with E-state index in [0.717, 1.165) is 25.9 Å². The zero-order valence-corrected chi connectivity index (χ0v) is 14.3. The van der Waals surface area contributed by atoms with Crippen molar-refractivity contribution in [2.24, 2.45) is 0 Å². The normalized spacial score (nSPS) is 21.9. The van der Waals surface area contributed by atoms with E-state index in [4.69, 9.17) is 4.74 Å². The smallest absolute Gasteiger partial charge is 0.407 e. The van der Waals surface area contributed by atoms with Gasteiger partial charge < -0.3 is 20.7 Å². The molecule has 0 aromatic rings. The first-order valence-electron chi connectivity index (χ1n) is 8.26. The molecule has 1 rings (SSSR count). The van der Waals surface area contributed by atoms with E-state index in [2.05, 4.69) is 29.8 Å². The number of rotatable bonds is 7. The summed E-state index contributed by atoms with van der Waals surface area (Å²) in [6.07, 6.45) is 4.26. The van der Waals surface area contributed by atoms with Gasteiger partial charge in [0.25, 0.3) is 0 Å². The molecule has 5 nitrogen and oxygen atoms in total. The van der Waals surface area contributed by atoms with Crippen molar-refractivity contribution in [3.05, 3.63) is 0 Å². The first kappa shape index (κ1) is 18.2. The fourth-order valence-electron chi connectivity index (χ4n) is 2.58. The Hall–Kier alpha value is -0.810. The standard InChI is InChI=1S/C16H33N3O2/c1-6-13(19-15(20)21-16(3,4)5)11-18-12(2)10-14-8-7-9-17-14/h12-14,17-18H,6-11H2,1-5H3,(H,19,20). The number of hydrogen-bond donors (Lipinski definition) is 3. The molecule has 1 saturated heterocycles. The molecule has 0 aliphatic carbocycles. The molecule has 1 fully saturated rings. The average Bonchev–Trinajstić information content (AvgIpc) is 2.84. The topological polar surface area (TPSA) is 62.4 Å². The quantitative estimate of drug-likeness (QED) is 0.675. The van der Waals surface area contributed by atoms with Gasteiger partial charge in [-0.15, -0.1) is 0 Å². The van der Waals surface area contributed by atoms with Gasteiger partial charge in [0, 0.05) is 24.7 Å². The Labute approximate surface area is 129 Å². The number of ether oxygens (including phenoxy) is 1. The minimum Gasteiger partial charge on any atom is -0.444 e. The van der Waals surface area contributed by atoms with Crippen LogP contribution in [0.25, 0.3) is 0 Å². The second-order valence-corrected chi connectivity index (χ2v) is 7.09.